The van der Waals surface area contributed by atoms with Crippen molar-refractivity contribution in [1.82, 2.24) is 10.3 Å². The first-order chi connectivity index (χ1) is 13.1. The van der Waals surface area contributed by atoms with Crippen LogP contribution in [0.1, 0.15) is 11.4 Å². The highest BCUT2D eigenvalue weighted by atomic mass is 16.5. The van der Waals surface area contributed by atoms with Gasteiger partial charge in [0.25, 0.3) is 0 Å². The molecule has 8 heteroatoms. The van der Waals surface area contributed by atoms with Crippen LogP contribution in [0.3, 0.4) is 0 Å². The fraction of sp³-hybridized carbons (Fsp3) is 0.158. The molecule has 27 heavy (non-hydrogen) atoms. The Morgan fingerprint density at radius 1 is 0.889 bits per heavy atom. The number of fused-ring (bicyclic) bond motifs is 2. The molecule has 8 nitrogen and oxygen atoms in total. The molecule has 2 aromatic heterocycles. The number of carbonyl (C=O) groups is 2. The van der Waals surface area contributed by atoms with Crippen molar-refractivity contribution in [3.8, 4) is 0 Å². The molecular formula is C19H16N2O6. The molecule has 4 aromatic rings. The third kappa shape index (κ3) is 4.30. The van der Waals surface area contributed by atoms with E-state index in [9.17, 15) is 9.59 Å². The van der Waals surface area contributed by atoms with Crippen molar-refractivity contribution in [1.29, 1.82) is 0 Å². The number of carboxylic acids is 1. The van der Waals surface area contributed by atoms with Crippen LogP contribution in [0, 0.1) is 0 Å². The van der Waals surface area contributed by atoms with Gasteiger partial charge in [-0.15, -0.1) is 0 Å². The maximum atomic E-state index is 11.0. The van der Waals surface area contributed by atoms with Gasteiger partial charge in [-0.2, -0.15) is 0 Å². The van der Waals surface area contributed by atoms with Gasteiger partial charge in [0.05, 0.1) is 20.0 Å². The standard InChI is InChI=1S/C10H9NO3.C9H7NO3/c1-13-10(12)6-8-7-4-2-3-5-9(7)14-11-8;11-9(12)5-7-6-3-1-2-4-8(6)13-10-7/h2-5H,6H2,1H3;1-4H,5H2,(H,11,12). The largest absolute Gasteiger partial charge is 0.481 e. The number of esters is 1. The zero-order valence-corrected chi connectivity index (χ0v) is 14.4. The van der Waals surface area contributed by atoms with Crippen molar-refractivity contribution in [3.05, 3.63) is 59.9 Å². The smallest absolute Gasteiger partial charge is 0.311 e. The Morgan fingerprint density at radius 3 is 1.85 bits per heavy atom. The number of benzene rings is 2. The highest BCUT2D eigenvalue weighted by Gasteiger charge is 2.11. The van der Waals surface area contributed by atoms with Gasteiger partial charge in [0.15, 0.2) is 11.2 Å². The second kappa shape index (κ2) is 8.13. The summed E-state index contributed by atoms with van der Waals surface area (Å²) in [7, 11) is 1.35. The lowest BCUT2D eigenvalue weighted by Gasteiger charge is -1.94. The summed E-state index contributed by atoms with van der Waals surface area (Å²) in [5.41, 5.74) is 2.40. The van der Waals surface area contributed by atoms with Crippen LogP contribution in [0.15, 0.2) is 57.6 Å². The number of nitrogens with zero attached hydrogens (tertiary/aromatic N) is 2. The highest BCUT2D eigenvalue weighted by Crippen LogP contribution is 2.18. The molecule has 0 aliphatic carbocycles. The number of carboxylic acid groups (broad SMARTS) is 1. The van der Waals surface area contributed by atoms with Gasteiger partial charge in [-0.3, -0.25) is 9.59 Å². The predicted molar refractivity (Wildman–Crippen MR) is 95.1 cm³/mol. The van der Waals surface area contributed by atoms with Crippen molar-refractivity contribution in [3.63, 3.8) is 0 Å². The number of carbonyl (C=O) groups excluding carboxylic acids is 1. The molecule has 0 atom stereocenters. The van der Waals surface area contributed by atoms with E-state index in [1.54, 1.807) is 12.1 Å². The first kappa shape index (κ1) is 18.1. The summed E-state index contributed by atoms with van der Waals surface area (Å²) in [6.45, 7) is 0. The Kier molecular flexibility index (Phi) is 5.46. The van der Waals surface area contributed by atoms with E-state index in [0.717, 1.165) is 10.8 Å². The Morgan fingerprint density at radius 2 is 1.37 bits per heavy atom. The number of hydrogen-bond acceptors (Lipinski definition) is 7. The van der Waals surface area contributed by atoms with Crippen molar-refractivity contribution < 1.29 is 28.5 Å². The van der Waals surface area contributed by atoms with E-state index < -0.39 is 5.97 Å². The van der Waals surface area contributed by atoms with Crippen LogP contribution in [0.5, 0.6) is 0 Å². The minimum atomic E-state index is -0.904. The van der Waals surface area contributed by atoms with E-state index in [-0.39, 0.29) is 18.8 Å². The Bertz CT molecular complexity index is 1080. The molecule has 4 rings (SSSR count). The quantitative estimate of drug-likeness (QED) is 0.547. The van der Waals surface area contributed by atoms with Crippen LogP contribution in [-0.2, 0) is 27.2 Å². The average Bonchev–Trinajstić information content (AvgIpc) is 3.27. The van der Waals surface area contributed by atoms with Crippen LogP contribution >= 0.6 is 0 Å². The number of ether oxygens (including phenoxy) is 1. The van der Waals surface area contributed by atoms with Crippen LogP contribution in [-0.4, -0.2) is 34.5 Å². The summed E-state index contributed by atoms with van der Waals surface area (Å²) in [4.78, 5) is 21.4. The molecule has 0 spiro atoms. The highest BCUT2D eigenvalue weighted by molar-refractivity contribution is 5.84. The van der Waals surface area contributed by atoms with E-state index in [2.05, 4.69) is 15.1 Å². The number of para-hydroxylation sites is 2. The average molecular weight is 368 g/mol. The number of aliphatic carboxylic acids is 1. The maximum absolute atomic E-state index is 11.0. The summed E-state index contributed by atoms with van der Waals surface area (Å²) >= 11 is 0. The minimum absolute atomic E-state index is 0.100. The van der Waals surface area contributed by atoms with Gasteiger partial charge in [0.1, 0.15) is 11.4 Å². The van der Waals surface area contributed by atoms with Crippen molar-refractivity contribution in [2.24, 2.45) is 0 Å². The van der Waals surface area contributed by atoms with Crippen LogP contribution in [0.4, 0.5) is 0 Å². The third-order valence-electron chi connectivity index (χ3n) is 3.76. The van der Waals surface area contributed by atoms with E-state index in [4.69, 9.17) is 14.2 Å². The first-order valence-corrected chi connectivity index (χ1v) is 8.03. The van der Waals surface area contributed by atoms with Crippen LogP contribution < -0.4 is 0 Å². The molecule has 2 heterocycles. The van der Waals surface area contributed by atoms with Gasteiger partial charge in [-0.1, -0.05) is 34.6 Å². The number of hydrogen-bond donors (Lipinski definition) is 1. The lowest BCUT2D eigenvalue weighted by Crippen LogP contribution is -2.04. The van der Waals surface area contributed by atoms with Crippen molar-refractivity contribution >= 4 is 33.9 Å². The monoisotopic (exact) mass is 368 g/mol. The normalized spacial score (nSPS) is 10.4. The Hall–Kier alpha value is -3.68. The molecule has 0 radical (unpaired) electrons. The molecule has 0 aliphatic heterocycles. The second-order valence-electron chi connectivity index (χ2n) is 5.57. The van der Waals surface area contributed by atoms with Gasteiger partial charge >= 0.3 is 11.9 Å². The van der Waals surface area contributed by atoms with Gasteiger partial charge < -0.3 is 18.9 Å². The molecular weight excluding hydrogens is 352 g/mol. The summed E-state index contributed by atoms with van der Waals surface area (Å²) in [5, 5.41) is 17.7. The second-order valence-corrected chi connectivity index (χ2v) is 5.57. The minimum Gasteiger partial charge on any atom is -0.481 e. The van der Waals surface area contributed by atoms with Gasteiger partial charge in [-0.25, -0.2) is 0 Å². The van der Waals surface area contributed by atoms with E-state index in [0.29, 0.717) is 22.6 Å². The van der Waals surface area contributed by atoms with Gasteiger partial charge in [-0.05, 0) is 24.3 Å². The van der Waals surface area contributed by atoms with E-state index in [1.807, 2.05) is 36.4 Å². The molecule has 0 fully saturated rings. The number of methoxy groups -OCH3 is 1. The Labute approximate surface area is 153 Å². The molecule has 0 unspecified atom stereocenters. The summed E-state index contributed by atoms with van der Waals surface area (Å²) in [6.07, 6.45) is 0.0462. The summed E-state index contributed by atoms with van der Waals surface area (Å²) in [5.74, 6) is -1.22. The molecule has 1 N–H and O–H groups in total. The van der Waals surface area contributed by atoms with Gasteiger partial charge in [0, 0.05) is 10.8 Å². The lowest BCUT2D eigenvalue weighted by atomic mass is 10.2. The number of aromatic nitrogens is 2. The number of rotatable bonds is 4. The summed E-state index contributed by atoms with van der Waals surface area (Å²) < 4.78 is 14.5. The molecule has 0 bridgehead atoms. The zero-order chi connectivity index (χ0) is 19.2. The van der Waals surface area contributed by atoms with E-state index in [1.165, 1.54) is 7.11 Å². The molecule has 0 aliphatic rings. The van der Waals surface area contributed by atoms with Crippen LogP contribution in [0.25, 0.3) is 21.9 Å². The topological polar surface area (TPSA) is 116 Å². The van der Waals surface area contributed by atoms with Gasteiger partial charge in [0.2, 0.25) is 0 Å². The Balaban J connectivity index is 0.000000156. The molecule has 0 saturated heterocycles. The first-order valence-electron chi connectivity index (χ1n) is 8.03. The van der Waals surface area contributed by atoms with E-state index >= 15 is 0 Å². The fourth-order valence-electron chi connectivity index (χ4n) is 2.48. The fourth-order valence-corrected chi connectivity index (χ4v) is 2.48. The molecule has 138 valence electrons. The predicted octanol–water partition coefficient (Wildman–Crippen LogP) is 3.00. The third-order valence-corrected chi connectivity index (χ3v) is 3.76. The van der Waals surface area contributed by atoms with Crippen LogP contribution in [0.2, 0.25) is 0 Å². The lowest BCUT2D eigenvalue weighted by molar-refractivity contribution is -0.140. The maximum Gasteiger partial charge on any atom is 0.311 e. The zero-order valence-electron chi connectivity index (χ0n) is 14.4. The molecule has 2 aromatic carbocycles. The summed E-state index contributed by atoms with van der Waals surface area (Å²) in [6, 6.07) is 14.6. The molecule has 0 saturated carbocycles. The SMILES string of the molecule is COC(=O)Cc1noc2ccccc12.O=C(O)Cc1noc2ccccc12. The van der Waals surface area contributed by atoms with Crippen molar-refractivity contribution in [2.75, 3.05) is 7.11 Å². The van der Waals surface area contributed by atoms with Crippen molar-refractivity contribution in [2.45, 2.75) is 12.8 Å². The molecule has 0 amide bonds.